The van der Waals surface area contributed by atoms with Crippen LogP contribution in [-0.2, 0) is 9.53 Å². The summed E-state index contributed by atoms with van der Waals surface area (Å²) in [6.07, 6.45) is 6.63. The molecule has 0 aromatic carbocycles. The molecule has 0 saturated heterocycles. The van der Waals surface area contributed by atoms with E-state index in [4.69, 9.17) is 4.74 Å². The molecule has 136 valence electrons. The molecule has 1 aromatic heterocycles. The molecule has 7 heteroatoms. The second kappa shape index (κ2) is 12.8. The van der Waals surface area contributed by atoms with Crippen molar-refractivity contribution in [2.45, 2.75) is 74.1 Å². The highest BCUT2D eigenvalue weighted by molar-refractivity contribution is 8.03. The van der Waals surface area contributed by atoms with Crippen LogP contribution in [0.2, 0.25) is 0 Å². The molecule has 0 amide bonds. The summed E-state index contributed by atoms with van der Waals surface area (Å²) in [4.78, 5) is 11.7. The summed E-state index contributed by atoms with van der Waals surface area (Å²) in [7, 11) is 0. The Morgan fingerprint density at radius 1 is 1.17 bits per heavy atom. The average Bonchev–Trinajstić information content (AvgIpc) is 3.01. The number of thioether (sulfide) groups is 2. The summed E-state index contributed by atoms with van der Waals surface area (Å²) in [5.41, 5.74) is 0.447. The van der Waals surface area contributed by atoms with Gasteiger partial charge in [0.05, 0.1) is 0 Å². The fourth-order valence-corrected chi connectivity index (χ4v) is 5.00. The summed E-state index contributed by atoms with van der Waals surface area (Å²) >= 11 is 5.03. The van der Waals surface area contributed by atoms with Gasteiger partial charge in [-0.2, -0.15) is 0 Å². The lowest BCUT2D eigenvalue weighted by Crippen LogP contribution is -2.21. The van der Waals surface area contributed by atoms with E-state index in [0.717, 1.165) is 33.7 Å². The van der Waals surface area contributed by atoms with E-state index in [9.17, 15) is 4.79 Å². The Labute approximate surface area is 158 Å². The number of esters is 1. The van der Waals surface area contributed by atoms with Crippen LogP contribution in [0.5, 0.6) is 0 Å². The molecule has 0 radical (unpaired) electrons. The number of unbranched alkanes of at least 4 members (excludes halogenated alkanes) is 3. The van der Waals surface area contributed by atoms with Gasteiger partial charge in [-0.05, 0) is 19.8 Å². The van der Waals surface area contributed by atoms with Crippen molar-refractivity contribution in [1.29, 1.82) is 0 Å². The second-order valence-corrected chi connectivity index (χ2v) is 9.24. The second-order valence-electron chi connectivity index (χ2n) is 5.65. The lowest BCUT2D eigenvalue weighted by Gasteiger charge is -2.16. The summed E-state index contributed by atoms with van der Waals surface area (Å²) in [6, 6.07) is 0. The fourth-order valence-electron chi connectivity index (χ4n) is 1.85. The predicted molar refractivity (Wildman–Crippen MR) is 105 cm³/mol. The Bertz CT molecular complexity index is 506. The lowest BCUT2D eigenvalue weighted by molar-refractivity contribution is -0.143. The number of ether oxygens (including phenoxy) is 1. The van der Waals surface area contributed by atoms with Crippen molar-refractivity contribution in [2.24, 2.45) is 0 Å². The fraction of sp³-hybridized carbons (Fsp3) is 0.706. The third kappa shape index (κ3) is 9.08. The molecule has 0 aliphatic carbocycles. The Hall–Kier alpha value is -0.530. The lowest BCUT2D eigenvalue weighted by atomic mass is 10.2. The molecule has 0 aliphatic heterocycles. The third-order valence-corrected chi connectivity index (χ3v) is 6.66. The van der Waals surface area contributed by atoms with Crippen LogP contribution in [0.4, 0.5) is 0 Å². The van der Waals surface area contributed by atoms with Crippen LogP contribution < -0.4 is 0 Å². The maximum atomic E-state index is 11.7. The van der Waals surface area contributed by atoms with E-state index in [-0.39, 0.29) is 12.1 Å². The predicted octanol–water partition coefficient (Wildman–Crippen LogP) is 5.59. The summed E-state index contributed by atoms with van der Waals surface area (Å²) < 4.78 is 7.50. The van der Waals surface area contributed by atoms with Gasteiger partial charge >= 0.3 is 5.97 Å². The van der Waals surface area contributed by atoms with Gasteiger partial charge in [0.2, 0.25) is 0 Å². The molecule has 0 spiro atoms. The molecule has 0 saturated carbocycles. The van der Waals surface area contributed by atoms with E-state index in [0.29, 0.717) is 11.3 Å². The SMILES string of the molecule is C=C(C)C(=O)OC(CCCC)CSc1nnc(SCCCCC)s1. The zero-order valence-corrected chi connectivity index (χ0v) is 17.3. The zero-order valence-electron chi connectivity index (χ0n) is 14.9. The number of carbonyl (C=O) groups excluding carboxylic acids is 1. The Morgan fingerprint density at radius 3 is 2.46 bits per heavy atom. The van der Waals surface area contributed by atoms with E-state index in [1.807, 2.05) is 0 Å². The molecule has 0 fully saturated rings. The Kier molecular flexibility index (Phi) is 11.5. The highest BCUT2D eigenvalue weighted by Crippen LogP contribution is 2.30. The Morgan fingerprint density at radius 2 is 1.83 bits per heavy atom. The van der Waals surface area contributed by atoms with Crippen molar-refractivity contribution in [3.63, 3.8) is 0 Å². The van der Waals surface area contributed by atoms with Gasteiger partial charge in [-0.1, -0.05) is 81.0 Å². The maximum Gasteiger partial charge on any atom is 0.333 e. The van der Waals surface area contributed by atoms with Gasteiger partial charge in [0, 0.05) is 17.1 Å². The van der Waals surface area contributed by atoms with Gasteiger partial charge in [-0.3, -0.25) is 0 Å². The van der Waals surface area contributed by atoms with Crippen LogP contribution >= 0.6 is 34.9 Å². The minimum absolute atomic E-state index is 0.0938. The largest absolute Gasteiger partial charge is 0.458 e. The molecule has 1 atom stereocenters. The van der Waals surface area contributed by atoms with E-state index in [1.54, 1.807) is 41.8 Å². The first kappa shape index (κ1) is 21.5. The van der Waals surface area contributed by atoms with E-state index in [1.165, 1.54) is 19.3 Å². The first-order chi connectivity index (χ1) is 11.6. The highest BCUT2D eigenvalue weighted by Gasteiger charge is 2.16. The highest BCUT2D eigenvalue weighted by atomic mass is 32.2. The Balaban J connectivity index is 2.43. The van der Waals surface area contributed by atoms with Crippen molar-refractivity contribution in [3.05, 3.63) is 12.2 Å². The topological polar surface area (TPSA) is 52.1 Å². The van der Waals surface area contributed by atoms with Crippen molar-refractivity contribution >= 4 is 40.8 Å². The average molecular weight is 389 g/mol. The zero-order chi connectivity index (χ0) is 17.8. The van der Waals surface area contributed by atoms with Crippen LogP contribution in [0.25, 0.3) is 0 Å². The van der Waals surface area contributed by atoms with Crippen molar-refractivity contribution in [2.75, 3.05) is 11.5 Å². The molecule has 1 aromatic rings. The number of rotatable bonds is 13. The molecule has 4 nitrogen and oxygen atoms in total. The molecule has 0 N–H and O–H groups in total. The van der Waals surface area contributed by atoms with Gasteiger partial charge in [0.1, 0.15) is 6.10 Å². The molecule has 0 aliphatic rings. The summed E-state index contributed by atoms with van der Waals surface area (Å²) in [6.45, 7) is 9.67. The van der Waals surface area contributed by atoms with Crippen molar-refractivity contribution in [1.82, 2.24) is 10.2 Å². The number of nitrogens with zero attached hydrogens (tertiary/aromatic N) is 2. The summed E-state index contributed by atoms with van der Waals surface area (Å²) in [5, 5.41) is 8.47. The third-order valence-electron chi connectivity index (χ3n) is 3.26. The molecule has 1 heterocycles. The molecule has 24 heavy (non-hydrogen) atoms. The quantitative estimate of drug-likeness (QED) is 0.190. The minimum atomic E-state index is -0.305. The number of hydrogen-bond donors (Lipinski definition) is 0. The van der Waals surface area contributed by atoms with Crippen molar-refractivity contribution in [3.8, 4) is 0 Å². The van der Waals surface area contributed by atoms with Gasteiger partial charge < -0.3 is 4.74 Å². The molecular weight excluding hydrogens is 360 g/mol. The molecule has 1 rings (SSSR count). The van der Waals surface area contributed by atoms with Crippen LogP contribution in [0.1, 0.15) is 59.3 Å². The molecule has 1 unspecified atom stereocenters. The van der Waals surface area contributed by atoms with Crippen LogP contribution in [-0.4, -0.2) is 33.8 Å². The van der Waals surface area contributed by atoms with Crippen LogP contribution in [0, 0.1) is 0 Å². The van der Waals surface area contributed by atoms with E-state index in [2.05, 4.69) is 30.6 Å². The van der Waals surface area contributed by atoms with Crippen LogP contribution in [0.15, 0.2) is 20.8 Å². The first-order valence-corrected chi connectivity index (χ1v) is 11.3. The number of hydrogen-bond acceptors (Lipinski definition) is 7. The first-order valence-electron chi connectivity index (χ1n) is 8.52. The van der Waals surface area contributed by atoms with Gasteiger partial charge in [-0.25, -0.2) is 4.79 Å². The standard InChI is InChI=1S/C17H28N2O2S3/c1-5-7-9-11-22-16-18-19-17(24-16)23-12-14(10-8-6-2)21-15(20)13(3)4/h14H,3,5-12H2,1-2,4H3. The number of aromatic nitrogens is 2. The van der Waals surface area contributed by atoms with Gasteiger partial charge in [-0.15, -0.1) is 10.2 Å². The van der Waals surface area contributed by atoms with E-state index >= 15 is 0 Å². The minimum Gasteiger partial charge on any atom is -0.458 e. The smallest absolute Gasteiger partial charge is 0.333 e. The summed E-state index contributed by atoms with van der Waals surface area (Å²) in [5.74, 6) is 1.51. The van der Waals surface area contributed by atoms with E-state index < -0.39 is 0 Å². The van der Waals surface area contributed by atoms with Gasteiger partial charge in [0.25, 0.3) is 0 Å². The number of carbonyl (C=O) groups is 1. The maximum absolute atomic E-state index is 11.7. The molecule has 0 bridgehead atoms. The van der Waals surface area contributed by atoms with Gasteiger partial charge in [0.15, 0.2) is 8.68 Å². The molecular formula is C17H28N2O2S3. The monoisotopic (exact) mass is 388 g/mol. The normalized spacial score (nSPS) is 12.1. The van der Waals surface area contributed by atoms with Crippen molar-refractivity contribution < 1.29 is 9.53 Å². The van der Waals surface area contributed by atoms with Crippen LogP contribution in [0.3, 0.4) is 0 Å².